The topological polar surface area (TPSA) is 239 Å². The number of quaternary nitrogens is 1. The van der Waals surface area contributed by atoms with Crippen LogP contribution in [0.5, 0.6) is 0 Å². The normalized spacial score (nSPS) is 15.2. The van der Waals surface area contributed by atoms with E-state index in [9.17, 15) is 24.0 Å². The number of amides is 5. The van der Waals surface area contributed by atoms with Crippen LogP contribution in [0.25, 0.3) is 0 Å². The molecule has 4 rings (SSSR count). The van der Waals surface area contributed by atoms with Gasteiger partial charge in [0.2, 0.25) is 5.70 Å². The van der Waals surface area contributed by atoms with Crippen molar-refractivity contribution in [2.75, 3.05) is 30.8 Å². The van der Waals surface area contributed by atoms with Crippen molar-refractivity contribution >= 4 is 68.5 Å². The molecule has 1 aliphatic heterocycles. The fraction of sp³-hybridized carbons (Fsp3) is 0.200. The molecule has 3 aromatic heterocycles. The Morgan fingerprint density at radius 1 is 0.833 bits per heavy atom. The number of guanidine groups is 1. The molecule has 17 nitrogen and oxygen atoms in total. The van der Waals surface area contributed by atoms with Crippen LogP contribution in [0.1, 0.15) is 31.5 Å². The highest BCUT2D eigenvalue weighted by atomic mass is 79.9. The first-order valence-electron chi connectivity index (χ1n) is 14.2. The average molecular weight is 725 g/mol. The van der Waals surface area contributed by atoms with E-state index in [2.05, 4.69) is 48.8 Å². The number of primary amides is 1. The van der Waals surface area contributed by atoms with Crippen LogP contribution in [-0.4, -0.2) is 69.3 Å². The van der Waals surface area contributed by atoms with Gasteiger partial charge in [-0.3, -0.25) is 29.0 Å². The lowest BCUT2D eigenvalue weighted by atomic mass is 10.2. The first kappa shape index (κ1) is 35.0. The standard InChI is InChI=1S/C30H35BrN12O5/c1-16(31)26(45)39-19-10-24(25(32)44)43(5,15-19)20-11-23(42(4)14-20)29(48)38-18-9-22(41(3)13-18)28(47)37-17-8-21(40(2)12-17)27(46)35-6-7-36-30(33)34/h8-15H,1,6-7H2,2-5H3,(H9-,32,33,34,35,36,37,38,39,44,45,46,47,48)/p+1. The lowest BCUT2D eigenvalue weighted by Gasteiger charge is -2.25. The number of nitrogens with zero attached hydrogens (tertiary/aromatic N) is 5. The Bertz CT molecular complexity index is 1940. The van der Waals surface area contributed by atoms with Crippen molar-refractivity contribution in [2.24, 2.45) is 43.3 Å². The molecule has 4 heterocycles. The fourth-order valence-electron chi connectivity index (χ4n) is 5.03. The summed E-state index contributed by atoms with van der Waals surface area (Å²) < 4.78 is 4.58. The van der Waals surface area contributed by atoms with Crippen molar-refractivity contribution in [3.8, 4) is 0 Å². The SMILES string of the molecule is C=C(Br)C(=O)NC1=C[N+](C)(c2cc(C(=O)Nc3cc(C(=O)Nc4cc(C(=O)NCCN=C(N)N)n(C)c4)n(C)c3)n(C)c2)C(C(N)=O)=C1. The number of nitrogens with one attached hydrogen (secondary N) is 4. The number of nitrogens with two attached hydrogens (primary N) is 3. The lowest BCUT2D eigenvalue weighted by molar-refractivity contribution is -0.116. The van der Waals surface area contributed by atoms with Crippen molar-refractivity contribution in [1.29, 1.82) is 0 Å². The van der Waals surface area contributed by atoms with Crippen molar-refractivity contribution < 1.29 is 24.0 Å². The number of carbonyl (C=O) groups excluding carboxylic acids is 5. The summed E-state index contributed by atoms with van der Waals surface area (Å²) in [4.78, 5) is 67.4. The van der Waals surface area contributed by atoms with Crippen LogP contribution in [0, 0.1) is 0 Å². The Morgan fingerprint density at radius 2 is 1.35 bits per heavy atom. The minimum atomic E-state index is -0.713. The van der Waals surface area contributed by atoms with E-state index in [1.807, 2.05) is 0 Å². The molecule has 3 aromatic rings. The molecule has 1 unspecified atom stereocenters. The first-order chi connectivity index (χ1) is 22.5. The van der Waals surface area contributed by atoms with E-state index < -0.39 is 23.6 Å². The summed E-state index contributed by atoms with van der Waals surface area (Å²) >= 11 is 3.02. The van der Waals surface area contributed by atoms with E-state index in [1.54, 1.807) is 72.7 Å². The van der Waals surface area contributed by atoms with Crippen LogP contribution in [0.3, 0.4) is 0 Å². The van der Waals surface area contributed by atoms with Gasteiger partial charge in [0.1, 0.15) is 29.0 Å². The molecule has 1 aliphatic rings. The van der Waals surface area contributed by atoms with Gasteiger partial charge >= 0.3 is 5.91 Å². The Morgan fingerprint density at radius 3 is 1.88 bits per heavy atom. The third-order valence-electron chi connectivity index (χ3n) is 7.39. The number of likely N-dealkylation sites (N-methyl/N-ethyl adjacent to an activating group) is 1. The zero-order valence-electron chi connectivity index (χ0n) is 26.6. The van der Waals surface area contributed by atoms with Gasteiger partial charge in [0.15, 0.2) is 11.6 Å². The minimum absolute atomic E-state index is 0.0740. The van der Waals surface area contributed by atoms with E-state index >= 15 is 0 Å². The Balaban J connectivity index is 1.46. The molecule has 0 saturated carbocycles. The molecule has 1 atom stereocenters. The van der Waals surface area contributed by atoms with Gasteiger partial charge in [-0.05, 0) is 28.1 Å². The summed E-state index contributed by atoms with van der Waals surface area (Å²) in [7, 11) is 6.67. The summed E-state index contributed by atoms with van der Waals surface area (Å²) in [5, 5.41) is 10.9. The predicted octanol–water partition coefficient (Wildman–Crippen LogP) is 0.396. The van der Waals surface area contributed by atoms with Gasteiger partial charge in [0, 0.05) is 52.2 Å². The number of hydrogen-bond acceptors (Lipinski definition) is 6. The monoisotopic (exact) mass is 723 g/mol. The van der Waals surface area contributed by atoms with Crippen molar-refractivity contribution in [3.05, 3.63) is 88.6 Å². The molecule has 10 N–H and O–H groups in total. The van der Waals surface area contributed by atoms with Crippen LogP contribution in [-0.2, 0) is 30.7 Å². The molecular formula is C30H36BrN12O5+. The van der Waals surface area contributed by atoms with Gasteiger partial charge in [-0.1, -0.05) is 6.58 Å². The molecule has 0 bridgehead atoms. The number of hydrogen-bond donors (Lipinski definition) is 7. The maximum absolute atomic E-state index is 13.4. The van der Waals surface area contributed by atoms with Gasteiger partial charge in [-0.25, -0.2) is 4.48 Å². The quantitative estimate of drug-likeness (QED) is 0.0456. The smallest absolute Gasteiger partial charge is 0.303 e. The van der Waals surface area contributed by atoms with E-state index in [-0.39, 0.29) is 51.0 Å². The largest absolute Gasteiger partial charge is 0.370 e. The summed E-state index contributed by atoms with van der Waals surface area (Å²) in [6.45, 7) is 3.99. The number of aliphatic imine (C=N–C) groups is 1. The van der Waals surface area contributed by atoms with Crippen molar-refractivity contribution in [1.82, 2.24) is 28.8 Å². The van der Waals surface area contributed by atoms with Crippen LogP contribution in [0.15, 0.2) is 76.5 Å². The molecule has 0 radical (unpaired) electrons. The molecule has 0 saturated heterocycles. The number of halogens is 1. The highest BCUT2D eigenvalue weighted by molar-refractivity contribution is 9.12. The minimum Gasteiger partial charge on any atom is -0.370 e. The van der Waals surface area contributed by atoms with Crippen molar-refractivity contribution in [3.63, 3.8) is 0 Å². The fourth-order valence-corrected chi connectivity index (χ4v) is 5.13. The van der Waals surface area contributed by atoms with E-state index in [4.69, 9.17) is 17.2 Å². The van der Waals surface area contributed by atoms with Crippen LogP contribution in [0.2, 0.25) is 0 Å². The summed E-state index contributed by atoms with van der Waals surface area (Å²) in [6, 6.07) is 4.63. The molecule has 0 spiro atoms. The molecular weight excluding hydrogens is 688 g/mol. The molecule has 18 heteroatoms. The maximum atomic E-state index is 13.4. The Labute approximate surface area is 283 Å². The number of allylic oxidation sites excluding steroid dienone is 1. The number of aromatic nitrogens is 3. The van der Waals surface area contributed by atoms with Crippen molar-refractivity contribution in [2.45, 2.75) is 0 Å². The van der Waals surface area contributed by atoms with E-state index in [1.165, 1.54) is 18.2 Å². The van der Waals surface area contributed by atoms with E-state index in [0.29, 0.717) is 28.5 Å². The third-order valence-corrected chi connectivity index (χ3v) is 7.75. The van der Waals surface area contributed by atoms with Crippen LogP contribution in [0.4, 0.5) is 17.1 Å². The zero-order chi connectivity index (χ0) is 35.5. The Hall–Kier alpha value is -5.88. The zero-order valence-corrected chi connectivity index (χ0v) is 28.2. The van der Waals surface area contributed by atoms with Gasteiger partial charge in [0.25, 0.3) is 23.6 Å². The molecule has 5 amide bonds. The van der Waals surface area contributed by atoms with Gasteiger partial charge in [-0.15, -0.1) is 0 Å². The highest BCUT2D eigenvalue weighted by Gasteiger charge is 2.40. The number of anilines is 2. The second-order valence-corrected chi connectivity index (χ2v) is 12.0. The second-order valence-electron chi connectivity index (χ2n) is 11.0. The van der Waals surface area contributed by atoms with Gasteiger partial charge < -0.3 is 52.2 Å². The number of carbonyl (C=O) groups is 5. The summed E-state index contributed by atoms with van der Waals surface area (Å²) in [6.07, 6.45) is 7.91. The number of rotatable bonds is 12. The van der Waals surface area contributed by atoms with Crippen LogP contribution >= 0.6 is 15.9 Å². The molecule has 48 heavy (non-hydrogen) atoms. The number of aryl methyl sites for hydroxylation is 3. The van der Waals surface area contributed by atoms with Gasteiger partial charge in [-0.2, -0.15) is 0 Å². The first-order valence-corrected chi connectivity index (χ1v) is 15.0. The molecule has 252 valence electrons. The van der Waals surface area contributed by atoms with E-state index in [0.717, 1.165) is 0 Å². The Kier molecular flexibility index (Phi) is 10.1. The summed E-state index contributed by atoms with van der Waals surface area (Å²) in [5.41, 5.74) is 18.8. The lowest BCUT2D eigenvalue weighted by Crippen LogP contribution is -2.41. The van der Waals surface area contributed by atoms with Crippen LogP contribution < -0.4 is 43.0 Å². The highest BCUT2D eigenvalue weighted by Crippen LogP contribution is 2.35. The second kappa shape index (κ2) is 13.9. The summed E-state index contributed by atoms with van der Waals surface area (Å²) in [5.74, 6) is -2.61. The molecule has 0 fully saturated rings. The third kappa shape index (κ3) is 7.56. The van der Waals surface area contributed by atoms with Gasteiger partial charge in [0.05, 0.1) is 35.6 Å². The molecule has 0 aromatic carbocycles. The predicted molar refractivity (Wildman–Crippen MR) is 184 cm³/mol. The maximum Gasteiger partial charge on any atom is 0.303 e. The average Bonchev–Trinajstić information content (AvgIpc) is 3.75. The molecule has 0 aliphatic carbocycles.